The summed E-state index contributed by atoms with van der Waals surface area (Å²) in [6.07, 6.45) is 0. The number of aliphatic hydroxyl groups excluding tert-OH is 1. The number of carbonyl (C=O) groups excluding carboxylic acids is 1. The molecule has 0 saturated heterocycles. The zero-order valence-corrected chi connectivity index (χ0v) is 18.9. The number of aryl methyl sites for hydroxylation is 1. The maximum absolute atomic E-state index is 14.0. The Labute approximate surface area is 178 Å². The quantitative estimate of drug-likeness (QED) is 0.362. The molecule has 0 fully saturated rings. The zero-order valence-electron chi connectivity index (χ0n) is 16.0. The van der Waals surface area contributed by atoms with Gasteiger partial charge >= 0.3 is 0 Å². The van der Waals surface area contributed by atoms with Crippen molar-refractivity contribution in [1.82, 2.24) is 5.48 Å². The number of anilines is 2. The number of halogens is 1. The van der Waals surface area contributed by atoms with Crippen LogP contribution in [0.1, 0.15) is 35.3 Å². The van der Waals surface area contributed by atoms with Gasteiger partial charge in [0.15, 0.2) is 0 Å². The number of amides is 1. The molecule has 0 bridgehead atoms. The first-order valence-electron chi connectivity index (χ1n) is 8.15. The molecule has 7 nitrogen and oxygen atoms in total. The molecule has 0 spiro atoms. The normalized spacial score (nSPS) is 8.86. The molecule has 0 saturated carbocycles. The molecule has 0 radical (unpaired) electrons. The Morgan fingerprint density at radius 2 is 1.89 bits per heavy atom. The predicted octanol–water partition coefficient (Wildman–Crippen LogP) is 4.14. The fourth-order valence-electron chi connectivity index (χ4n) is 2.00. The summed E-state index contributed by atoms with van der Waals surface area (Å²) in [4.78, 5) is 16.9. The van der Waals surface area contributed by atoms with E-state index in [4.69, 9.17) is 15.2 Å². The Morgan fingerprint density at radius 1 is 1.21 bits per heavy atom. The number of aliphatic hydroxyl groups is 1. The average Bonchev–Trinajstić information content (AvgIpc) is 2.65. The first-order valence-corrected chi connectivity index (χ1v) is 8.15. The smallest absolute Gasteiger partial charge is 0.276 e. The van der Waals surface area contributed by atoms with Crippen LogP contribution in [0.3, 0.4) is 0 Å². The van der Waals surface area contributed by atoms with Gasteiger partial charge in [-0.25, -0.2) is 9.87 Å². The maximum Gasteiger partial charge on any atom is 0.276 e. The minimum atomic E-state index is -0.581. The summed E-state index contributed by atoms with van der Waals surface area (Å²) in [6, 6.07) is 11.0. The molecule has 2 aromatic carbocycles. The fraction of sp³-hybridized carbons (Fsp3) is 0.263. The topological polar surface area (TPSA) is 128 Å². The van der Waals surface area contributed by atoms with Crippen molar-refractivity contribution in [3.8, 4) is 6.07 Å². The molecule has 9 heteroatoms. The summed E-state index contributed by atoms with van der Waals surface area (Å²) in [5.74, 6) is -1.05. The number of carbonyl (C=O) groups is 1. The van der Waals surface area contributed by atoms with Gasteiger partial charge in [-0.3, -0.25) is 9.63 Å². The number of nitriles is 1. The van der Waals surface area contributed by atoms with E-state index in [0.717, 1.165) is 5.56 Å². The van der Waals surface area contributed by atoms with Gasteiger partial charge in [-0.2, -0.15) is 5.26 Å². The molecule has 0 aliphatic carbocycles. The summed E-state index contributed by atoms with van der Waals surface area (Å²) >= 11 is 0. The number of hydrogen-bond donors (Lipinski definition) is 3. The molecule has 0 aromatic heterocycles. The number of rotatable bonds is 6. The second-order valence-electron chi connectivity index (χ2n) is 4.98. The number of nitrogens with zero attached hydrogens (tertiary/aromatic N) is 1. The van der Waals surface area contributed by atoms with Crippen LogP contribution >= 0.6 is 0 Å². The van der Waals surface area contributed by atoms with Crippen molar-refractivity contribution in [3.05, 3.63) is 65.1 Å². The summed E-state index contributed by atoms with van der Waals surface area (Å²) < 4.78 is 14.0. The second-order valence-corrected chi connectivity index (χ2v) is 4.98. The molecule has 0 unspecified atom stereocenters. The van der Waals surface area contributed by atoms with E-state index in [9.17, 15) is 9.18 Å². The molecule has 28 heavy (non-hydrogen) atoms. The van der Waals surface area contributed by atoms with E-state index >= 15 is 0 Å². The first kappa shape index (κ1) is 27.9. The molecule has 2 rings (SSSR count). The summed E-state index contributed by atoms with van der Waals surface area (Å²) in [5, 5.41) is 20.5. The monoisotopic (exact) mass is 559 g/mol. The van der Waals surface area contributed by atoms with Crippen LogP contribution in [0.25, 0.3) is 6.15 Å². The number of nitrogens with one attached hydrogen (secondary N) is 2. The van der Waals surface area contributed by atoms with E-state index in [1.165, 1.54) is 24.3 Å². The van der Waals surface area contributed by atoms with Crippen LogP contribution in [0.15, 0.2) is 36.4 Å². The molecular formula is C19H24FN4O3W-. The minimum Gasteiger partial charge on any atom is -0.693 e. The standard InChI is InChI=1S/C17H16FN3O3.C2H6.H2N.W/c1-11-2-5-15(14(18)8-11)20-16-9-12(10-19)3-4-13(16)17(23)21-24-7-6-22;1-2;;/h2-5,8-9,20,22H,6-7H2,1H3,(H,21,23);1-2H3;1H2;/q;;-1;. The van der Waals surface area contributed by atoms with Crippen LogP contribution in [-0.4, -0.2) is 24.2 Å². The third-order valence-corrected chi connectivity index (χ3v) is 3.15. The third kappa shape index (κ3) is 8.15. The van der Waals surface area contributed by atoms with Gasteiger partial charge in [0.05, 0.1) is 41.8 Å². The molecule has 152 valence electrons. The largest absolute Gasteiger partial charge is 0.693 e. The van der Waals surface area contributed by atoms with Gasteiger partial charge in [-0.15, -0.1) is 0 Å². The van der Waals surface area contributed by atoms with Crippen LogP contribution in [0.2, 0.25) is 0 Å². The average molecular weight is 559 g/mol. The molecular weight excluding hydrogens is 535 g/mol. The van der Waals surface area contributed by atoms with Crippen LogP contribution in [0.4, 0.5) is 15.8 Å². The van der Waals surface area contributed by atoms with Crippen LogP contribution in [0.5, 0.6) is 0 Å². The van der Waals surface area contributed by atoms with Crippen molar-refractivity contribution in [2.75, 3.05) is 18.5 Å². The van der Waals surface area contributed by atoms with Crippen molar-refractivity contribution in [2.45, 2.75) is 20.8 Å². The Morgan fingerprint density at radius 3 is 2.46 bits per heavy atom. The molecule has 1 amide bonds. The third-order valence-electron chi connectivity index (χ3n) is 3.15. The molecule has 5 N–H and O–H groups in total. The predicted molar refractivity (Wildman–Crippen MR) is 103 cm³/mol. The molecule has 0 aliphatic rings. The number of nitrogens with two attached hydrogens (primary N) is 1. The Balaban J connectivity index is 0. The Kier molecular flexibility index (Phi) is 14.7. The molecule has 0 aliphatic heterocycles. The summed E-state index contributed by atoms with van der Waals surface area (Å²) in [6.45, 7) is 5.46. The van der Waals surface area contributed by atoms with Crippen LogP contribution in [0, 0.1) is 24.1 Å². The minimum absolute atomic E-state index is 0. The van der Waals surface area contributed by atoms with Crippen LogP contribution in [-0.2, 0) is 25.9 Å². The van der Waals surface area contributed by atoms with E-state index in [0.29, 0.717) is 5.56 Å². The zero-order chi connectivity index (χ0) is 19.5. The summed E-state index contributed by atoms with van der Waals surface area (Å²) in [5.41, 5.74) is 3.87. The summed E-state index contributed by atoms with van der Waals surface area (Å²) in [7, 11) is 0. The van der Waals surface area contributed by atoms with Gasteiger partial charge in [0.2, 0.25) is 0 Å². The van der Waals surface area contributed by atoms with E-state index in [-0.39, 0.29) is 57.4 Å². The molecule has 0 heterocycles. The van der Waals surface area contributed by atoms with Gasteiger partial charge in [0, 0.05) is 21.1 Å². The van der Waals surface area contributed by atoms with Gasteiger partial charge in [0.25, 0.3) is 5.91 Å². The fourth-order valence-corrected chi connectivity index (χ4v) is 2.00. The van der Waals surface area contributed by atoms with E-state index in [2.05, 4.69) is 10.8 Å². The van der Waals surface area contributed by atoms with E-state index < -0.39 is 11.7 Å². The molecule has 0 atom stereocenters. The van der Waals surface area contributed by atoms with Crippen molar-refractivity contribution in [1.29, 1.82) is 5.26 Å². The van der Waals surface area contributed by atoms with E-state index in [1.807, 2.05) is 19.9 Å². The van der Waals surface area contributed by atoms with Crippen LogP contribution < -0.4 is 10.8 Å². The SMILES string of the molecule is CC.Cc1ccc(Nc2cc(C#N)ccc2C(=O)NOCCO)c(F)c1.[NH2-].[W]. The number of hydroxylamine groups is 1. The number of hydrogen-bond acceptors (Lipinski definition) is 5. The van der Waals surface area contributed by atoms with Gasteiger partial charge < -0.3 is 16.6 Å². The Bertz CT molecular complexity index is 797. The van der Waals surface area contributed by atoms with Crippen molar-refractivity contribution in [2.24, 2.45) is 0 Å². The van der Waals surface area contributed by atoms with Crippen molar-refractivity contribution < 1.29 is 40.2 Å². The van der Waals surface area contributed by atoms with Crippen molar-refractivity contribution >= 4 is 17.3 Å². The van der Waals surface area contributed by atoms with E-state index in [1.54, 1.807) is 19.1 Å². The van der Waals surface area contributed by atoms with Gasteiger partial charge in [-0.1, -0.05) is 19.9 Å². The molecule has 2 aromatic rings. The first-order chi connectivity index (χ1) is 12.5. The Hall–Kier alpha value is -2.30. The van der Waals surface area contributed by atoms with Gasteiger partial charge in [0.1, 0.15) is 5.82 Å². The number of benzene rings is 2. The van der Waals surface area contributed by atoms with Gasteiger partial charge in [-0.05, 0) is 42.8 Å². The van der Waals surface area contributed by atoms with Crippen molar-refractivity contribution in [3.63, 3.8) is 0 Å². The second kappa shape index (κ2) is 14.7. The maximum atomic E-state index is 14.0.